The van der Waals surface area contributed by atoms with Crippen molar-refractivity contribution < 1.29 is 0 Å². The molecule has 4 heteroatoms. The highest BCUT2D eigenvalue weighted by Crippen LogP contribution is 2.39. The number of nitrogens with zero attached hydrogens (tertiary/aromatic N) is 2. The second-order valence-electron chi connectivity index (χ2n) is 6.34. The average molecular weight is 303 g/mol. The molecule has 2 aromatic heterocycles. The van der Waals surface area contributed by atoms with Crippen molar-refractivity contribution in [1.82, 2.24) is 14.9 Å². The summed E-state index contributed by atoms with van der Waals surface area (Å²) in [5.74, 6) is 2.60. The number of hydrogen-bond donors (Lipinski definition) is 1. The van der Waals surface area contributed by atoms with Gasteiger partial charge in [-0.15, -0.1) is 11.3 Å². The molecule has 0 aliphatic heterocycles. The molecule has 0 aromatic carbocycles. The first-order valence-electron chi connectivity index (χ1n) is 8.00. The first-order chi connectivity index (χ1) is 10.2. The molecule has 1 N–H and O–H groups in total. The maximum absolute atomic E-state index is 4.63. The summed E-state index contributed by atoms with van der Waals surface area (Å²) >= 11 is 1.77. The standard InChI is InChI=1S/C17H25N3S/c1-4-18-14-11-12(2)10-13(3)16(14)20-8-7-19-17(20)15-6-5-9-21-15/h5-9,12-14,16,18H,4,10-11H2,1-3H3. The van der Waals surface area contributed by atoms with Crippen LogP contribution in [0.3, 0.4) is 0 Å². The molecule has 4 atom stereocenters. The van der Waals surface area contributed by atoms with Crippen LogP contribution >= 0.6 is 11.3 Å². The minimum Gasteiger partial charge on any atom is -0.325 e. The molecule has 0 amide bonds. The summed E-state index contributed by atoms with van der Waals surface area (Å²) in [5, 5.41) is 5.84. The summed E-state index contributed by atoms with van der Waals surface area (Å²) in [6, 6.07) is 5.32. The largest absolute Gasteiger partial charge is 0.325 e. The van der Waals surface area contributed by atoms with Crippen molar-refractivity contribution in [2.24, 2.45) is 11.8 Å². The lowest BCUT2D eigenvalue weighted by Gasteiger charge is -2.41. The Bertz CT molecular complexity index is 560. The van der Waals surface area contributed by atoms with Crippen LogP contribution in [-0.2, 0) is 0 Å². The fourth-order valence-electron chi connectivity index (χ4n) is 3.92. The number of likely N-dealkylation sites (N-methyl/N-ethyl adjacent to an activating group) is 1. The van der Waals surface area contributed by atoms with Gasteiger partial charge < -0.3 is 9.88 Å². The van der Waals surface area contributed by atoms with Crippen molar-refractivity contribution in [2.75, 3.05) is 6.54 Å². The number of nitrogens with one attached hydrogen (secondary N) is 1. The molecule has 2 aromatic rings. The Morgan fingerprint density at radius 2 is 2.24 bits per heavy atom. The second-order valence-corrected chi connectivity index (χ2v) is 7.29. The molecule has 114 valence electrons. The van der Waals surface area contributed by atoms with Crippen molar-refractivity contribution in [3.63, 3.8) is 0 Å². The van der Waals surface area contributed by atoms with Gasteiger partial charge in [-0.1, -0.05) is 26.8 Å². The first-order valence-corrected chi connectivity index (χ1v) is 8.88. The quantitative estimate of drug-likeness (QED) is 0.917. The van der Waals surface area contributed by atoms with E-state index in [-0.39, 0.29) is 0 Å². The van der Waals surface area contributed by atoms with Gasteiger partial charge in [0.2, 0.25) is 0 Å². The predicted octanol–water partition coefficient (Wildman–Crippen LogP) is 4.20. The van der Waals surface area contributed by atoms with Crippen molar-refractivity contribution >= 4 is 11.3 Å². The SMILES string of the molecule is CCNC1CC(C)CC(C)C1n1ccnc1-c1cccs1. The smallest absolute Gasteiger partial charge is 0.150 e. The van der Waals surface area contributed by atoms with Gasteiger partial charge in [-0.05, 0) is 42.7 Å². The van der Waals surface area contributed by atoms with Gasteiger partial charge >= 0.3 is 0 Å². The summed E-state index contributed by atoms with van der Waals surface area (Å²) in [4.78, 5) is 5.89. The molecule has 2 heterocycles. The Morgan fingerprint density at radius 1 is 1.38 bits per heavy atom. The minimum atomic E-state index is 0.501. The summed E-state index contributed by atoms with van der Waals surface area (Å²) < 4.78 is 2.41. The predicted molar refractivity (Wildman–Crippen MR) is 89.6 cm³/mol. The minimum absolute atomic E-state index is 0.501. The van der Waals surface area contributed by atoms with E-state index < -0.39 is 0 Å². The fourth-order valence-corrected chi connectivity index (χ4v) is 4.65. The van der Waals surface area contributed by atoms with Gasteiger partial charge in [0, 0.05) is 18.4 Å². The molecule has 3 rings (SSSR count). The van der Waals surface area contributed by atoms with Gasteiger partial charge in [-0.25, -0.2) is 4.98 Å². The third kappa shape index (κ3) is 2.92. The molecule has 1 aliphatic rings. The van der Waals surface area contributed by atoms with E-state index in [1.807, 2.05) is 6.20 Å². The Labute approximate surface area is 131 Å². The number of rotatable bonds is 4. The maximum Gasteiger partial charge on any atom is 0.150 e. The van der Waals surface area contributed by atoms with Gasteiger partial charge in [0.15, 0.2) is 0 Å². The van der Waals surface area contributed by atoms with Crippen LogP contribution in [0.4, 0.5) is 0 Å². The lowest BCUT2D eigenvalue weighted by Crippen LogP contribution is -2.45. The number of aromatic nitrogens is 2. The van der Waals surface area contributed by atoms with Gasteiger partial charge in [0.1, 0.15) is 5.82 Å². The zero-order chi connectivity index (χ0) is 14.8. The van der Waals surface area contributed by atoms with E-state index in [0.29, 0.717) is 18.0 Å². The average Bonchev–Trinajstić information content (AvgIpc) is 3.08. The van der Waals surface area contributed by atoms with Crippen molar-refractivity contribution in [3.8, 4) is 10.7 Å². The Balaban J connectivity index is 1.95. The van der Waals surface area contributed by atoms with Crippen LogP contribution in [-0.4, -0.2) is 22.1 Å². The third-order valence-corrected chi connectivity index (χ3v) is 5.49. The normalized spacial score (nSPS) is 29.7. The van der Waals surface area contributed by atoms with Crippen LogP contribution in [0.25, 0.3) is 10.7 Å². The Kier molecular flexibility index (Phi) is 4.45. The lowest BCUT2D eigenvalue weighted by atomic mass is 9.76. The topological polar surface area (TPSA) is 29.9 Å². The summed E-state index contributed by atoms with van der Waals surface area (Å²) in [7, 11) is 0. The molecule has 1 saturated carbocycles. The Hall–Kier alpha value is -1.13. The van der Waals surface area contributed by atoms with E-state index >= 15 is 0 Å². The zero-order valence-electron chi connectivity index (χ0n) is 13.1. The van der Waals surface area contributed by atoms with Crippen molar-refractivity contribution in [2.45, 2.75) is 45.7 Å². The summed E-state index contributed by atoms with van der Waals surface area (Å²) in [5.41, 5.74) is 0. The molecular formula is C17H25N3S. The van der Waals surface area contributed by atoms with E-state index in [0.717, 1.165) is 18.3 Å². The van der Waals surface area contributed by atoms with Crippen LogP contribution in [0.15, 0.2) is 29.9 Å². The van der Waals surface area contributed by atoms with Crippen LogP contribution in [0.5, 0.6) is 0 Å². The number of hydrogen-bond acceptors (Lipinski definition) is 3. The number of imidazole rings is 1. The van der Waals surface area contributed by atoms with Crippen LogP contribution in [0, 0.1) is 11.8 Å². The highest BCUT2D eigenvalue weighted by Gasteiger charge is 2.35. The molecule has 3 nitrogen and oxygen atoms in total. The summed E-state index contributed by atoms with van der Waals surface area (Å²) in [6.45, 7) is 8.01. The van der Waals surface area contributed by atoms with Crippen molar-refractivity contribution in [3.05, 3.63) is 29.9 Å². The van der Waals surface area contributed by atoms with Crippen LogP contribution < -0.4 is 5.32 Å². The van der Waals surface area contributed by atoms with Crippen LogP contribution in [0.2, 0.25) is 0 Å². The molecule has 1 aliphatic carbocycles. The molecule has 1 fully saturated rings. The van der Waals surface area contributed by atoms with E-state index in [9.17, 15) is 0 Å². The summed E-state index contributed by atoms with van der Waals surface area (Å²) in [6.07, 6.45) is 6.67. The molecular weight excluding hydrogens is 278 g/mol. The van der Waals surface area contributed by atoms with Gasteiger partial charge in [0.05, 0.1) is 10.9 Å². The van der Waals surface area contributed by atoms with E-state index in [1.165, 1.54) is 17.7 Å². The lowest BCUT2D eigenvalue weighted by molar-refractivity contribution is 0.156. The highest BCUT2D eigenvalue weighted by molar-refractivity contribution is 7.13. The third-order valence-electron chi connectivity index (χ3n) is 4.62. The van der Waals surface area contributed by atoms with Crippen LogP contribution in [0.1, 0.15) is 39.7 Å². The van der Waals surface area contributed by atoms with E-state index in [1.54, 1.807) is 11.3 Å². The van der Waals surface area contributed by atoms with Crippen molar-refractivity contribution in [1.29, 1.82) is 0 Å². The fraction of sp³-hybridized carbons (Fsp3) is 0.588. The van der Waals surface area contributed by atoms with E-state index in [2.05, 4.69) is 59.3 Å². The zero-order valence-corrected chi connectivity index (χ0v) is 13.9. The number of thiophene rings is 1. The highest BCUT2D eigenvalue weighted by atomic mass is 32.1. The van der Waals surface area contributed by atoms with Gasteiger partial charge in [-0.3, -0.25) is 0 Å². The van der Waals surface area contributed by atoms with E-state index in [4.69, 9.17) is 0 Å². The monoisotopic (exact) mass is 303 g/mol. The molecule has 0 saturated heterocycles. The van der Waals surface area contributed by atoms with Gasteiger partial charge in [-0.2, -0.15) is 0 Å². The Morgan fingerprint density at radius 3 is 2.95 bits per heavy atom. The van der Waals surface area contributed by atoms with Gasteiger partial charge in [0.25, 0.3) is 0 Å². The first kappa shape index (κ1) is 14.8. The molecule has 0 bridgehead atoms. The molecule has 0 spiro atoms. The molecule has 0 radical (unpaired) electrons. The second kappa shape index (κ2) is 6.32. The maximum atomic E-state index is 4.63. The molecule has 21 heavy (non-hydrogen) atoms. The molecule has 4 unspecified atom stereocenters.